The van der Waals surface area contributed by atoms with Crippen molar-refractivity contribution in [3.8, 4) is 0 Å². The molecule has 1 heterocycles. The molecule has 20 heavy (non-hydrogen) atoms. The Hall–Kier alpha value is -1.85. The average molecular weight is 347 g/mol. The Kier molecular flexibility index (Phi) is 3.46. The van der Waals surface area contributed by atoms with Crippen LogP contribution >= 0.6 is 27.3 Å². The first-order chi connectivity index (χ1) is 9.63. The molecule has 0 spiro atoms. The summed E-state index contributed by atoms with van der Waals surface area (Å²) in [6.45, 7) is 0. The molecule has 0 atom stereocenters. The Morgan fingerprint density at radius 3 is 2.80 bits per heavy atom. The van der Waals surface area contributed by atoms with Crippen molar-refractivity contribution in [1.29, 1.82) is 0 Å². The fraction of sp³-hybridized carbons (Fsp3) is 0. The predicted molar refractivity (Wildman–Crippen MR) is 88.3 cm³/mol. The molecule has 0 bridgehead atoms. The monoisotopic (exact) mass is 346 g/mol. The summed E-state index contributed by atoms with van der Waals surface area (Å²) in [7, 11) is 0. The lowest BCUT2D eigenvalue weighted by atomic mass is 10.1. The molecule has 0 fully saturated rings. The van der Waals surface area contributed by atoms with Gasteiger partial charge in [0.1, 0.15) is 0 Å². The Morgan fingerprint density at radius 2 is 2.00 bits per heavy atom. The number of anilines is 2. The topological polar surface area (TPSA) is 55.1 Å². The van der Waals surface area contributed by atoms with Crippen LogP contribution in [0.25, 0.3) is 10.1 Å². The first kappa shape index (κ1) is 13.1. The molecule has 100 valence electrons. The largest absolute Gasteiger partial charge is 0.398 e. The van der Waals surface area contributed by atoms with Crippen molar-refractivity contribution < 1.29 is 4.79 Å². The molecule has 3 aromatic rings. The van der Waals surface area contributed by atoms with Gasteiger partial charge in [0, 0.05) is 20.5 Å². The number of rotatable bonds is 2. The molecule has 0 aliphatic carbocycles. The minimum Gasteiger partial charge on any atom is -0.398 e. The highest BCUT2D eigenvalue weighted by molar-refractivity contribution is 9.10. The van der Waals surface area contributed by atoms with Crippen molar-refractivity contribution in [3.05, 3.63) is 57.9 Å². The zero-order valence-corrected chi connectivity index (χ0v) is 12.8. The summed E-state index contributed by atoms with van der Waals surface area (Å²) in [5, 5.41) is 6.02. The molecule has 2 aromatic carbocycles. The van der Waals surface area contributed by atoms with Crippen molar-refractivity contribution in [3.63, 3.8) is 0 Å². The maximum Gasteiger partial charge on any atom is 0.257 e. The van der Waals surface area contributed by atoms with Crippen LogP contribution in [0, 0.1) is 0 Å². The van der Waals surface area contributed by atoms with E-state index in [-0.39, 0.29) is 5.91 Å². The van der Waals surface area contributed by atoms with Gasteiger partial charge in [0.05, 0.1) is 5.56 Å². The normalized spacial score (nSPS) is 10.7. The SMILES string of the molecule is Nc1cc(Br)ccc1C(=O)Nc1ccc2sccc2c1. The highest BCUT2D eigenvalue weighted by atomic mass is 79.9. The van der Waals surface area contributed by atoms with E-state index >= 15 is 0 Å². The highest BCUT2D eigenvalue weighted by Crippen LogP contribution is 2.25. The summed E-state index contributed by atoms with van der Waals surface area (Å²) in [5.41, 5.74) is 7.55. The molecule has 0 aliphatic heterocycles. The number of benzene rings is 2. The molecule has 0 aliphatic rings. The number of halogens is 1. The first-order valence-corrected chi connectivity index (χ1v) is 7.64. The minimum atomic E-state index is -0.204. The fourth-order valence-electron chi connectivity index (χ4n) is 1.98. The molecule has 1 amide bonds. The van der Waals surface area contributed by atoms with Crippen LogP contribution < -0.4 is 11.1 Å². The second-order valence-electron chi connectivity index (χ2n) is 4.36. The number of hydrogen-bond acceptors (Lipinski definition) is 3. The van der Waals surface area contributed by atoms with E-state index in [1.54, 1.807) is 29.5 Å². The first-order valence-electron chi connectivity index (χ1n) is 5.97. The third-order valence-corrected chi connectivity index (χ3v) is 4.36. The molecule has 3 nitrogen and oxygen atoms in total. The minimum absolute atomic E-state index is 0.204. The lowest BCUT2D eigenvalue weighted by Crippen LogP contribution is -2.13. The number of nitrogens with two attached hydrogens (primary N) is 1. The van der Waals surface area contributed by atoms with Crippen LogP contribution in [-0.2, 0) is 0 Å². The van der Waals surface area contributed by atoms with E-state index in [2.05, 4.69) is 21.2 Å². The molecular formula is C15H11BrN2OS. The van der Waals surface area contributed by atoms with Crippen molar-refractivity contribution in [1.82, 2.24) is 0 Å². The van der Waals surface area contributed by atoms with E-state index in [9.17, 15) is 4.79 Å². The Bertz CT molecular complexity index is 797. The Labute approximate surface area is 128 Å². The van der Waals surface area contributed by atoms with E-state index < -0.39 is 0 Å². The number of carbonyl (C=O) groups excluding carboxylic acids is 1. The average Bonchev–Trinajstić information content (AvgIpc) is 2.85. The van der Waals surface area contributed by atoms with Crippen LogP contribution in [0.5, 0.6) is 0 Å². The van der Waals surface area contributed by atoms with Gasteiger partial charge in [0.15, 0.2) is 0 Å². The van der Waals surface area contributed by atoms with Gasteiger partial charge < -0.3 is 11.1 Å². The standard InChI is InChI=1S/C15H11BrN2OS/c16-10-1-3-12(13(17)8-10)15(19)18-11-2-4-14-9(7-11)5-6-20-14/h1-8H,17H2,(H,18,19). The maximum atomic E-state index is 12.2. The molecular weight excluding hydrogens is 336 g/mol. The lowest BCUT2D eigenvalue weighted by molar-refractivity contribution is 0.102. The van der Waals surface area contributed by atoms with Gasteiger partial charge >= 0.3 is 0 Å². The van der Waals surface area contributed by atoms with Crippen LogP contribution in [0.1, 0.15) is 10.4 Å². The zero-order valence-electron chi connectivity index (χ0n) is 10.4. The molecule has 0 radical (unpaired) electrons. The number of thiophene rings is 1. The molecule has 0 unspecified atom stereocenters. The molecule has 0 saturated carbocycles. The van der Waals surface area contributed by atoms with Crippen molar-refractivity contribution in [2.75, 3.05) is 11.1 Å². The van der Waals surface area contributed by atoms with Gasteiger partial charge in [-0.25, -0.2) is 0 Å². The summed E-state index contributed by atoms with van der Waals surface area (Å²) < 4.78 is 2.05. The third-order valence-electron chi connectivity index (χ3n) is 2.97. The molecule has 5 heteroatoms. The van der Waals surface area contributed by atoms with Gasteiger partial charge in [-0.1, -0.05) is 15.9 Å². The fourth-order valence-corrected chi connectivity index (χ4v) is 3.13. The number of amides is 1. The van der Waals surface area contributed by atoms with E-state index in [1.165, 1.54) is 4.70 Å². The molecule has 1 aromatic heterocycles. The highest BCUT2D eigenvalue weighted by Gasteiger charge is 2.10. The number of nitrogens with one attached hydrogen (secondary N) is 1. The van der Waals surface area contributed by atoms with Gasteiger partial charge in [0.25, 0.3) is 5.91 Å². The van der Waals surface area contributed by atoms with Crippen LogP contribution in [-0.4, -0.2) is 5.91 Å². The van der Waals surface area contributed by atoms with Gasteiger partial charge in [-0.15, -0.1) is 11.3 Å². The van der Waals surface area contributed by atoms with Gasteiger partial charge in [-0.3, -0.25) is 4.79 Å². The van der Waals surface area contributed by atoms with E-state index in [0.29, 0.717) is 11.3 Å². The van der Waals surface area contributed by atoms with E-state index in [1.807, 2.05) is 29.6 Å². The van der Waals surface area contributed by atoms with Crippen LogP contribution in [0.15, 0.2) is 52.3 Å². The van der Waals surface area contributed by atoms with Crippen molar-refractivity contribution >= 4 is 54.6 Å². The van der Waals surface area contributed by atoms with Crippen LogP contribution in [0.3, 0.4) is 0 Å². The molecule has 0 saturated heterocycles. The number of nitrogen functional groups attached to an aromatic ring is 1. The summed E-state index contributed by atoms with van der Waals surface area (Å²) >= 11 is 5.00. The number of hydrogen-bond donors (Lipinski definition) is 2. The van der Waals surface area contributed by atoms with E-state index in [4.69, 9.17) is 5.73 Å². The third kappa shape index (κ3) is 2.55. The molecule has 3 N–H and O–H groups in total. The van der Waals surface area contributed by atoms with Gasteiger partial charge in [0.2, 0.25) is 0 Å². The summed E-state index contributed by atoms with van der Waals surface area (Å²) in [4.78, 5) is 12.2. The maximum absolute atomic E-state index is 12.2. The van der Waals surface area contributed by atoms with Crippen molar-refractivity contribution in [2.24, 2.45) is 0 Å². The summed E-state index contributed by atoms with van der Waals surface area (Å²) in [5.74, 6) is -0.204. The summed E-state index contributed by atoms with van der Waals surface area (Å²) in [6.07, 6.45) is 0. The zero-order chi connectivity index (χ0) is 14.1. The number of carbonyl (C=O) groups is 1. The molecule has 3 rings (SSSR count). The smallest absolute Gasteiger partial charge is 0.257 e. The van der Waals surface area contributed by atoms with E-state index in [0.717, 1.165) is 15.5 Å². The number of fused-ring (bicyclic) bond motifs is 1. The predicted octanol–water partition coefficient (Wildman–Crippen LogP) is 4.50. The van der Waals surface area contributed by atoms with Gasteiger partial charge in [-0.2, -0.15) is 0 Å². The lowest BCUT2D eigenvalue weighted by Gasteiger charge is -2.08. The van der Waals surface area contributed by atoms with Crippen molar-refractivity contribution in [2.45, 2.75) is 0 Å². The van der Waals surface area contributed by atoms with Gasteiger partial charge in [-0.05, 0) is 53.2 Å². The van der Waals surface area contributed by atoms with Crippen LogP contribution in [0.4, 0.5) is 11.4 Å². The second kappa shape index (κ2) is 5.26. The second-order valence-corrected chi connectivity index (χ2v) is 6.22. The Morgan fingerprint density at radius 1 is 1.15 bits per heavy atom. The summed E-state index contributed by atoms with van der Waals surface area (Å²) in [6, 6.07) is 13.1. The quantitative estimate of drug-likeness (QED) is 0.671. The Balaban J connectivity index is 1.87. The van der Waals surface area contributed by atoms with Crippen LogP contribution in [0.2, 0.25) is 0 Å².